The lowest BCUT2D eigenvalue weighted by Gasteiger charge is -2.28. The van der Waals surface area contributed by atoms with Crippen LogP contribution < -0.4 is 4.90 Å². The summed E-state index contributed by atoms with van der Waals surface area (Å²) in [5.74, 6) is 0. The van der Waals surface area contributed by atoms with Gasteiger partial charge in [0.1, 0.15) is 0 Å². The molecule has 1 unspecified atom stereocenters. The molecule has 1 N–H and O–H groups in total. The van der Waals surface area contributed by atoms with Crippen LogP contribution in [0.25, 0.3) is 11.4 Å². The zero-order chi connectivity index (χ0) is 24.6. The maximum Gasteiger partial charge on any atom is 0.417 e. The molecule has 1 aliphatic rings. The molecule has 8 nitrogen and oxygen atoms in total. The monoisotopic (exact) mass is 469 g/mol. The van der Waals surface area contributed by atoms with Crippen LogP contribution in [0.4, 0.5) is 23.7 Å². The molecule has 0 fully saturated rings. The molecule has 1 aromatic heterocycles. The third-order valence-corrected chi connectivity index (χ3v) is 5.36. The van der Waals surface area contributed by atoms with Gasteiger partial charge in [-0.2, -0.15) is 23.5 Å². The largest absolute Gasteiger partial charge is 0.452 e. The Balaban J connectivity index is 1.87. The predicted molar refractivity (Wildman–Crippen MR) is 115 cm³/mol. The van der Waals surface area contributed by atoms with E-state index in [1.807, 2.05) is 6.07 Å². The number of anilines is 1. The highest BCUT2D eigenvalue weighted by molar-refractivity contribution is 5.87. The van der Waals surface area contributed by atoms with E-state index < -0.39 is 24.2 Å². The Kier molecular flexibility index (Phi) is 5.76. The van der Waals surface area contributed by atoms with Gasteiger partial charge in [-0.1, -0.05) is 6.07 Å². The summed E-state index contributed by atoms with van der Waals surface area (Å²) in [7, 11) is 1.13. The number of nitrogens with zero attached hydrogens (tertiary/aromatic N) is 5. The highest BCUT2D eigenvalue weighted by atomic mass is 19.4. The second kappa shape index (κ2) is 8.57. The van der Waals surface area contributed by atoms with Crippen LogP contribution in [-0.4, -0.2) is 39.3 Å². The number of ether oxygens (including phenoxy) is 1. The number of nitriles is 1. The number of hydrogen-bond acceptors (Lipinski definition) is 6. The van der Waals surface area contributed by atoms with Crippen LogP contribution in [-0.2, 0) is 10.9 Å². The molecule has 1 amide bonds. The standard InChI is InChI=1S/C23H18F3N5O3/c1-14-20(19-10-11-28-31(19)17-8-6-15(13-27)7-9-17)30(22(33)34-2)21(32)29(14)18-5-3-4-16(12-18)23(24,25)26/h3-12,21,32H,1-2H3. The Bertz CT molecular complexity index is 1310. The van der Waals surface area contributed by atoms with Crippen molar-refractivity contribution in [2.75, 3.05) is 12.0 Å². The molecule has 2 heterocycles. The van der Waals surface area contributed by atoms with E-state index in [-0.39, 0.29) is 11.4 Å². The molecule has 0 bridgehead atoms. The number of aromatic nitrogens is 2. The van der Waals surface area contributed by atoms with Crippen molar-refractivity contribution in [3.8, 4) is 11.8 Å². The van der Waals surface area contributed by atoms with E-state index in [4.69, 9.17) is 10.00 Å². The van der Waals surface area contributed by atoms with E-state index in [2.05, 4.69) is 5.10 Å². The minimum atomic E-state index is -4.59. The fourth-order valence-corrected chi connectivity index (χ4v) is 3.81. The molecule has 0 saturated heterocycles. The van der Waals surface area contributed by atoms with Crippen molar-refractivity contribution in [3.63, 3.8) is 0 Å². The number of methoxy groups -OCH3 is 1. The molecule has 0 saturated carbocycles. The summed E-state index contributed by atoms with van der Waals surface area (Å²) >= 11 is 0. The van der Waals surface area contributed by atoms with Crippen LogP contribution in [0.5, 0.6) is 0 Å². The van der Waals surface area contributed by atoms with Crippen molar-refractivity contribution >= 4 is 17.5 Å². The van der Waals surface area contributed by atoms with Gasteiger partial charge in [0, 0.05) is 11.4 Å². The average Bonchev–Trinajstić information content (AvgIpc) is 3.40. The quantitative estimate of drug-likeness (QED) is 0.614. The first-order chi connectivity index (χ1) is 16.2. The number of aliphatic hydroxyl groups is 1. The van der Waals surface area contributed by atoms with E-state index in [9.17, 15) is 23.1 Å². The highest BCUT2D eigenvalue weighted by Crippen LogP contribution is 2.40. The van der Waals surface area contributed by atoms with Crippen LogP contribution in [0.3, 0.4) is 0 Å². The van der Waals surface area contributed by atoms with Gasteiger partial charge in [-0.05, 0) is 55.5 Å². The molecular weight excluding hydrogens is 451 g/mol. The average molecular weight is 469 g/mol. The second-order valence-electron chi connectivity index (χ2n) is 7.33. The summed E-state index contributed by atoms with van der Waals surface area (Å²) in [5.41, 5.74) is 1.01. The second-order valence-corrected chi connectivity index (χ2v) is 7.33. The van der Waals surface area contributed by atoms with Crippen molar-refractivity contribution in [2.45, 2.75) is 19.5 Å². The molecule has 174 valence electrons. The smallest absolute Gasteiger partial charge is 0.417 e. The third kappa shape index (κ3) is 3.84. The van der Waals surface area contributed by atoms with Gasteiger partial charge in [0.2, 0.25) is 6.35 Å². The van der Waals surface area contributed by atoms with Gasteiger partial charge >= 0.3 is 12.3 Å². The van der Waals surface area contributed by atoms with Gasteiger partial charge in [-0.3, -0.25) is 4.90 Å². The molecule has 0 spiro atoms. The number of aliphatic hydroxyl groups excluding tert-OH is 1. The van der Waals surface area contributed by atoms with Crippen molar-refractivity contribution < 1.29 is 27.8 Å². The lowest BCUT2D eigenvalue weighted by molar-refractivity contribution is -0.137. The molecule has 34 heavy (non-hydrogen) atoms. The topological polar surface area (TPSA) is 94.6 Å². The van der Waals surface area contributed by atoms with Gasteiger partial charge in [0.15, 0.2) is 0 Å². The molecule has 1 atom stereocenters. The van der Waals surface area contributed by atoms with Gasteiger partial charge in [0.05, 0.1) is 47.6 Å². The number of amides is 1. The third-order valence-electron chi connectivity index (χ3n) is 5.36. The minimum Gasteiger partial charge on any atom is -0.452 e. The fourth-order valence-electron chi connectivity index (χ4n) is 3.81. The minimum absolute atomic E-state index is 0.0353. The van der Waals surface area contributed by atoms with E-state index in [1.54, 1.807) is 37.3 Å². The number of carbonyl (C=O) groups is 1. The van der Waals surface area contributed by atoms with Crippen molar-refractivity contribution in [1.29, 1.82) is 5.26 Å². The van der Waals surface area contributed by atoms with E-state index in [1.165, 1.54) is 27.9 Å². The summed E-state index contributed by atoms with van der Waals surface area (Å²) in [6, 6.07) is 14.6. The Hall–Kier alpha value is -4.30. The zero-order valence-electron chi connectivity index (χ0n) is 18.0. The first kappa shape index (κ1) is 22.9. The van der Waals surface area contributed by atoms with Gasteiger partial charge in [-0.15, -0.1) is 0 Å². The Labute approximate surface area is 192 Å². The van der Waals surface area contributed by atoms with Crippen LogP contribution in [0.2, 0.25) is 0 Å². The number of halogens is 3. The highest BCUT2D eigenvalue weighted by Gasteiger charge is 2.43. The van der Waals surface area contributed by atoms with Crippen LogP contribution in [0.1, 0.15) is 23.7 Å². The van der Waals surface area contributed by atoms with Crippen molar-refractivity contribution in [3.05, 3.63) is 83.3 Å². The Morgan fingerprint density at radius 3 is 2.47 bits per heavy atom. The van der Waals surface area contributed by atoms with Crippen molar-refractivity contribution in [2.24, 2.45) is 0 Å². The summed E-state index contributed by atoms with van der Waals surface area (Å²) in [6.07, 6.45) is -5.70. The van der Waals surface area contributed by atoms with Crippen LogP contribution in [0.15, 0.2) is 66.5 Å². The van der Waals surface area contributed by atoms with Gasteiger partial charge in [-0.25, -0.2) is 14.4 Å². The summed E-state index contributed by atoms with van der Waals surface area (Å²) in [6.45, 7) is 1.57. The number of hydrogen-bond donors (Lipinski definition) is 1. The van der Waals surface area contributed by atoms with Crippen LogP contribution in [0, 0.1) is 11.3 Å². The summed E-state index contributed by atoms with van der Waals surface area (Å²) in [5, 5.41) is 24.3. The van der Waals surface area contributed by atoms with E-state index >= 15 is 0 Å². The first-order valence-corrected chi connectivity index (χ1v) is 9.95. The molecule has 11 heteroatoms. The fraction of sp³-hybridized carbons (Fsp3) is 0.174. The number of alkyl halides is 3. The molecule has 4 rings (SSSR count). The summed E-state index contributed by atoms with van der Waals surface area (Å²) in [4.78, 5) is 14.8. The Morgan fingerprint density at radius 2 is 1.85 bits per heavy atom. The normalized spacial score (nSPS) is 16.1. The lowest BCUT2D eigenvalue weighted by atomic mass is 10.1. The maximum absolute atomic E-state index is 13.3. The molecular formula is C23H18F3N5O3. The van der Waals surface area contributed by atoms with E-state index in [0.717, 1.165) is 24.1 Å². The van der Waals surface area contributed by atoms with Gasteiger partial charge in [0.25, 0.3) is 0 Å². The molecule has 0 aliphatic carbocycles. The maximum atomic E-state index is 13.3. The van der Waals surface area contributed by atoms with E-state index in [0.29, 0.717) is 22.6 Å². The van der Waals surface area contributed by atoms with Gasteiger partial charge < -0.3 is 9.84 Å². The number of benzene rings is 2. The number of rotatable bonds is 3. The lowest BCUT2D eigenvalue weighted by Crippen LogP contribution is -2.43. The van der Waals surface area contributed by atoms with Crippen LogP contribution >= 0.6 is 0 Å². The number of allylic oxidation sites excluding steroid dienone is 1. The molecule has 2 aromatic carbocycles. The Morgan fingerprint density at radius 1 is 1.15 bits per heavy atom. The SMILES string of the molecule is COC(=O)N1C(c2ccnn2-c2ccc(C#N)cc2)=C(C)N(c2cccc(C(F)(F)F)c2)C1O. The molecule has 3 aromatic rings. The summed E-state index contributed by atoms with van der Waals surface area (Å²) < 4.78 is 46.2. The first-order valence-electron chi connectivity index (χ1n) is 9.95. The predicted octanol–water partition coefficient (Wildman–Crippen LogP) is 4.32. The number of carbonyl (C=O) groups excluding carboxylic acids is 1. The molecule has 0 radical (unpaired) electrons. The van der Waals surface area contributed by atoms with Crippen molar-refractivity contribution in [1.82, 2.24) is 14.7 Å². The molecule has 1 aliphatic heterocycles. The zero-order valence-corrected chi connectivity index (χ0v) is 18.0.